The summed E-state index contributed by atoms with van der Waals surface area (Å²) in [6.45, 7) is 0.428. The highest BCUT2D eigenvalue weighted by atomic mass is 19.1. The number of carbonyl (C=O) groups excluding carboxylic acids is 1. The van der Waals surface area contributed by atoms with Crippen LogP contribution in [0.1, 0.15) is 18.4 Å². The number of methoxy groups -OCH3 is 1. The molecule has 1 saturated carbocycles. The van der Waals surface area contributed by atoms with Crippen molar-refractivity contribution in [1.82, 2.24) is 4.90 Å². The minimum atomic E-state index is -0.275. The second-order valence-corrected chi connectivity index (χ2v) is 5.82. The van der Waals surface area contributed by atoms with Crippen LogP contribution in [0.4, 0.5) is 4.39 Å². The molecule has 0 spiro atoms. The van der Waals surface area contributed by atoms with E-state index in [4.69, 9.17) is 9.47 Å². The summed E-state index contributed by atoms with van der Waals surface area (Å²) < 4.78 is 23.9. The molecule has 1 aliphatic carbocycles. The minimum Gasteiger partial charge on any atom is -0.493 e. The number of hydrogen-bond donors (Lipinski definition) is 0. The third kappa shape index (κ3) is 4.04. The fraction of sp³-hybridized carbons (Fsp3) is 0.316. The first-order chi connectivity index (χ1) is 11.7. The number of carbonyl (C=O) groups is 1. The van der Waals surface area contributed by atoms with Crippen LogP contribution in [0.5, 0.6) is 11.5 Å². The maximum Gasteiger partial charge on any atom is 0.261 e. The molecule has 2 aromatic rings. The zero-order valence-electron chi connectivity index (χ0n) is 13.6. The molecule has 0 bridgehead atoms. The summed E-state index contributed by atoms with van der Waals surface area (Å²) >= 11 is 0. The quantitative estimate of drug-likeness (QED) is 0.781. The molecule has 1 fully saturated rings. The van der Waals surface area contributed by atoms with Crippen LogP contribution in [0.2, 0.25) is 0 Å². The van der Waals surface area contributed by atoms with Gasteiger partial charge in [-0.3, -0.25) is 4.79 Å². The first-order valence-electron chi connectivity index (χ1n) is 7.97. The van der Waals surface area contributed by atoms with Crippen LogP contribution >= 0.6 is 0 Å². The Hall–Kier alpha value is -2.56. The van der Waals surface area contributed by atoms with E-state index in [9.17, 15) is 9.18 Å². The van der Waals surface area contributed by atoms with Crippen LogP contribution in [-0.2, 0) is 11.3 Å². The Balaban J connectivity index is 1.63. The van der Waals surface area contributed by atoms with Crippen molar-refractivity contribution in [1.29, 1.82) is 0 Å². The van der Waals surface area contributed by atoms with Crippen molar-refractivity contribution in [3.05, 3.63) is 59.9 Å². The molecule has 0 saturated heterocycles. The maximum atomic E-state index is 13.0. The molecule has 0 heterocycles. The molecular formula is C19H20FNO3. The molecule has 3 rings (SSSR count). The summed E-state index contributed by atoms with van der Waals surface area (Å²) in [6.07, 6.45) is 2.00. The Morgan fingerprint density at radius 2 is 1.79 bits per heavy atom. The number of benzene rings is 2. The molecule has 0 aliphatic heterocycles. The number of para-hydroxylation sites is 2. The van der Waals surface area contributed by atoms with Crippen molar-refractivity contribution >= 4 is 5.91 Å². The predicted octanol–water partition coefficient (Wildman–Crippen LogP) is 3.40. The van der Waals surface area contributed by atoms with Gasteiger partial charge in [-0.05, 0) is 42.7 Å². The van der Waals surface area contributed by atoms with E-state index in [-0.39, 0.29) is 24.4 Å². The lowest BCUT2D eigenvalue weighted by Gasteiger charge is -2.23. The molecule has 0 aromatic heterocycles. The van der Waals surface area contributed by atoms with Crippen LogP contribution in [0.15, 0.2) is 48.5 Å². The normalized spacial score (nSPS) is 13.4. The first-order valence-corrected chi connectivity index (χ1v) is 7.97. The van der Waals surface area contributed by atoms with Crippen molar-refractivity contribution in [3.8, 4) is 11.5 Å². The SMILES string of the molecule is COc1ccccc1OCC(=O)N(Cc1ccc(F)cc1)C1CC1. The summed E-state index contributed by atoms with van der Waals surface area (Å²) in [6, 6.07) is 13.7. The Kier molecular flexibility index (Phi) is 4.99. The van der Waals surface area contributed by atoms with E-state index in [2.05, 4.69) is 0 Å². The van der Waals surface area contributed by atoms with Gasteiger partial charge in [0, 0.05) is 12.6 Å². The van der Waals surface area contributed by atoms with Crippen LogP contribution in [0, 0.1) is 5.82 Å². The second kappa shape index (κ2) is 7.34. The van der Waals surface area contributed by atoms with Gasteiger partial charge in [-0.1, -0.05) is 24.3 Å². The van der Waals surface area contributed by atoms with Gasteiger partial charge in [0.05, 0.1) is 7.11 Å². The van der Waals surface area contributed by atoms with E-state index in [0.29, 0.717) is 18.0 Å². The topological polar surface area (TPSA) is 38.8 Å². The monoisotopic (exact) mass is 329 g/mol. The molecule has 1 amide bonds. The maximum absolute atomic E-state index is 13.0. The van der Waals surface area contributed by atoms with Crippen LogP contribution < -0.4 is 9.47 Å². The van der Waals surface area contributed by atoms with Crippen molar-refractivity contribution in [2.24, 2.45) is 0 Å². The number of ether oxygens (including phenoxy) is 2. The molecule has 0 unspecified atom stereocenters. The van der Waals surface area contributed by atoms with E-state index in [1.807, 2.05) is 17.0 Å². The summed E-state index contributed by atoms with van der Waals surface area (Å²) in [7, 11) is 1.56. The predicted molar refractivity (Wildman–Crippen MR) is 88.5 cm³/mol. The Morgan fingerprint density at radius 3 is 2.42 bits per heavy atom. The van der Waals surface area contributed by atoms with Crippen molar-refractivity contribution in [3.63, 3.8) is 0 Å². The second-order valence-electron chi connectivity index (χ2n) is 5.82. The van der Waals surface area contributed by atoms with Gasteiger partial charge in [0.1, 0.15) is 5.82 Å². The standard InChI is InChI=1S/C19H20FNO3/c1-23-17-4-2-3-5-18(17)24-13-19(22)21(16-10-11-16)12-14-6-8-15(20)9-7-14/h2-9,16H,10-13H2,1H3. The zero-order valence-corrected chi connectivity index (χ0v) is 13.6. The molecule has 2 aromatic carbocycles. The lowest BCUT2D eigenvalue weighted by Crippen LogP contribution is -2.36. The number of rotatable bonds is 7. The molecule has 4 nitrogen and oxygen atoms in total. The van der Waals surface area contributed by atoms with Crippen LogP contribution in [0.3, 0.4) is 0 Å². The lowest BCUT2D eigenvalue weighted by molar-refractivity contribution is -0.134. The molecule has 1 aliphatic rings. The summed E-state index contributed by atoms with van der Waals surface area (Å²) in [5, 5.41) is 0. The van der Waals surface area contributed by atoms with E-state index >= 15 is 0 Å². The van der Waals surface area contributed by atoms with Gasteiger partial charge in [-0.2, -0.15) is 0 Å². The largest absolute Gasteiger partial charge is 0.493 e. The summed E-state index contributed by atoms with van der Waals surface area (Å²) in [4.78, 5) is 14.4. The highest BCUT2D eigenvalue weighted by Gasteiger charge is 2.32. The average molecular weight is 329 g/mol. The smallest absolute Gasteiger partial charge is 0.261 e. The fourth-order valence-corrected chi connectivity index (χ4v) is 2.55. The number of nitrogens with zero attached hydrogens (tertiary/aromatic N) is 1. The molecule has 126 valence electrons. The molecule has 24 heavy (non-hydrogen) atoms. The first kappa shape index (κ1) is 16.3. The van der Waals surface area contributed by atoms with Gasteiger partial charge in [-0.25, -0.2) is 4.39 Å². The molecule has 5 heteroatoms. The average Bonchev–Trinajstić information content (AvgIpc) is 3.44. The third-order valence-electron chi connectivity index (χ3n) is 3.99. The van der Waals surface area contributed by atoms with Crippen molar-refractivity contribution in [2.45, 2.75) is 25.4 Å². The van der Waals surface area contributed by atoms with Crippen LogP contribution in [0.25, 0.3) is 0 Å². The summed E-state index contributed by atoms with van der Waals surface area (Å²) in [5.41, 5.74) is 0.911. The Labute approximate surface area is 140 Å². The zero-order chi connectivity index (χ0) is 16.9. The Bertz CT molecular complexity index is 698. The highest BCUT2D eigenvalue weighted by Crippen LogP contribution is 2.29. The van der Waals surface area contributed by atoms with Gasteiger partial charge in [-0.15, -0.1) is 0 Å². The van der Waals surface area contributed by atoms with Crippen molar-refractivity contribution < 1.29 is 18.7 Å². The van der Waals surface area contributed by atoms with E-state index in [0.717, 1.165) is 18.4 Å². The minimum absolute atomic E-state index is 0.0436. The van der Waals surface area contributed by atoms with Crippen LogP contribution in [-0.4, -0.2) is 30.6 Å². The lowest BCUT2D eigenvalue weighted by atomic mass is 10.2. The summed E-state index contributed by atoms with van der Waals surface area (Å²) in [5.74, 6) is 0.794. The van der Waals surface area contributed by atoms with Gasteiger partial charge < -0.3 is 14.4 Å². The van der Waals surface area contributed by atoms with E-state index in [1.54, 1.807) is 31.4 Å². The van der Waals surface area contributed by atoms with E-state index < -0.39 is 0 Å². The fourth-order valence-electron chi connectivity index (χ4n) is 2.55. The van der Waals surface area contributed by atoms with Gasteiger partial charge >= 0.3 is 0 Å². The number of amides is 1. The van der Waals surface area contributed by atoms with Crippen molar-refractivity contribution in [2.75, 3.05) is 13.7 Å². The van der Waals surface area contributed by atoms with Gasteiger partial charge in [0.15, 0.2) is 18.1 Å². The molecular weight excluding hydrogens is 309 g/mol. The number of hydrogen-bond acceptors (Lipinski definition) is 3. The van der Waals surface area contributed by atoms with Gasteiger partial charge in [0.2, 0.25) is 0 Å². The number of halogens is 1. The molecule has 0 N–H and O–H groups in total. The molecule has 0 radical (unpaired) electrons. The Morgan fingerprint density at radius 1 is 1.12 bits per heavy atom. The molecule has 0 atom stereocenters. The van der Waals surface area contributed by atoms with Gasteiger partial charge in [0.25, 0.3) is 5.91 Å². The third-order valence-corrected chi connectivity index (χ3v) is 3.99. The van der Waals surface area contributed by atoms with E-state index in [1.165, 1.54) is 12.1 Å². The highest BCUT2D eigenvalue weighted by molar-refractivity contribution is 5.78.